The smallest absolute Gasteiger partial charge is 0.309 e. The molecule has 2 atom stereocenters. The zero-order valence-electron chi connectivity index (χ0n) is 15.4. The van der Waals surface area contributed by atoms with Gasteiger partial charge in [-0.1, -0.05) is 57.6 Å². The van der Waals surface area contributed by atoms with Gasteiger partial charge in [0, 0.05) is 0 Å². The summed E-state index contributed by atoms with van der Waals surface area (Å²) < 4.78 is 5.68. The zero-order valence-corrected chi connectivity index (χ0v) is 15.4. The molecule has 1 saturated heterocycles. The van der Waals surface area contributed by atoms with Crippen LogP contribution in [0.4, 0.5) is 0 Å². The minimum Gasteiger partial charge on any atom is -0.481 e. The first-order chi connectivity index (χ1) is 11.0. The van der Waals surface area contributed by atoms with Crippen molar-refractivity contribution in [3.05, 3.63) is 12.2 Å². The second kappa shape index (κ2) is 10.9. The number of ether oxygens (including phenoxy) is 1. The van der Waals surface area contributed by atoms with Crippen LogP contribution in [0.25, 0.3) is 0 Å². The molecule has 0 spiro atoms. The van der Waals surface area contributed by atoms with Crippen LogP contribution in [-0.4, -0.2) is 23.3 Å². The van der Waals surface area contributed by atoms with E-state index < -0.39 is 11.4 Å². The maximum atomic E-state index is 11.0. The van der Waals surface area contributed by atoms with E-state index in [2.05, 4.69) is 19.1 Å². The molecule has 0 radical (unpaired) electrons. The molecular formula is C20H36O3. The lowest BCUT2D eigenvalue weighted by Gasteiger charge is -2.18. The molecule has 0 bridgehead atoms. The highest BCUT2D eigenvalue weighted by Crippen LogP contribution is 2.30. The van der Waals surface area contributed by atoms with Gasteiger partial charge in [0.25, 0.3) is 0 Å². The Morgan fingerprint density at radius 2 is 1.78 bits per heavy atom. The predicted octanol–water partition coefficient (Wildman–Crippen LogP) is 5.73. The zero-order chi connectivity index (χ0) is 17.1. The number of allylic oxidation sites excluding steroid dienone is 1. The topological polar surface area (TPSA) is 49.8 Å². The Kier molecular flexibility index (Phi) is 9.54. The van der Waals surface area contributed by atoms with Crippen molar-refractivity contribution >= 4 is 5.97 Å². The van der Waals surface area contributed by atoms with Gasteiger partial charge in [-0.05, 0) is 46.0 Å². The summed E-state index contributed by atoms with van der Waals surface area (Å²) in [6, 6.07) is 0. The van der Waals surface area contributed by atoms with Crippen LogP contribution < -0.4 is 0 Å². The fourth-order valence-electron chi connectivity index (χ4n) is 2.87. The lowest BCUT2D eigenvalue weighted by molar-refractivity contribution is -0.147. The van der Waals surface area contributed by atoms with Gasteiger partial charge in [-0.25, -0.2) is 0 Å². The van der Waals surface area contributed by atoms with Gasteiger partial charge in [0.05, 0.1) is 17.6 Å². The first-order valence-corrected chi connectivity index (χ1v) is 9.51. The molecule has 0 aromatic heterocycles. The molecule has 0 aliphatic carbocycles. The van der Waals surface area contributed by atoms with E-state index in [1.54, 1.807) is 0 Å². The SMILES string of the molecule is CCCCCC1OC1C/C=C\CCCCCCC(C)(C)C(=O)O. The molecule has 3 heteroatoms. The minimum atomic E-state index is -0.685. The van der Waals surface area contributed by atoms with Crippen molar-refractivity contribution in [3.8, 4) is 0 Å². The normalized spacial score (nSPS) is 21.0. The van der Waals surface area contributed by atoms with Crippen molar-refractivity contribution in [1.29, 1.82) is 0 Å². The van der Waals surface area contributed by atoms with Crippen LogP contribution in [0.15, 0.2) is 12.2 Å². The summed E-state index contributed by atoms with van der Waals surface area (Å²) in [6.45, 7) is 5.86. The second-order valence-electron chi connectivity index (χ2n) is 7.56. The molecule has 0 aromatic rings. The largest absolute Gasteiger partial charge is 0.481 e. The van der Waals surface area contributed by atoms with Gasteiger partial charge in [0.15, 0.2) is 0 Å². The summed E-state index contributed by atoms with van der Waals surface area (Å²) in [6.07, 6.45) is 18.3. The summed E-state index contributed by atoms with van der Waals surface area (Å²) in [7, 11) is 0. The lowest BCUT2D eigenvalue weighted by Crippen LogP contribution is -2.23. The number of carboxylic acids is 1. The minimum absolute atomic E-state index is 0.487. The lowest BCUT2D eigenvalue weighted by atomic mass is 9.87. The van der Waals surface area contributed by atoms with Gasteiger partial charge >= 0.3 is 5.97 Å². The van der Waals surface area contributed by atoms with Crippen LogP contribution in [0.1, 0.15) is 91.4 Å². The van der Waals surface area contributed by atoms with Crippen LogP contribution in [0.2, 0.25) is 0 Å². The Hall–Kier alpha value is -0.830. The summed E-state index contributed by atoms with van der Waals surface area (Å²) in [5, 5.41) is 9.05. The molecular weight excluding hydrogens is 288 g/mol. The highest BCUT2D eigenvalue weighted by Gasteiger charge is 2.36. The molecule has 1 rings (SSSR count). The van der Waals surface area contributed by atoms with E-state index in [9.17, 15) is 4.79 Å². The summed E-state index contributed by atoms with van der Waals surface area (Å²) in [4.78, 5) is 11.0. The summed E-state index contributed by atoms with van der Waals surface area (Å²) in [5.41, 5.74) is -0.572. The first kappa shape index (κ1) is 20.2. The summed E-state index contributed by atoms with van der Waals surface area (Å²) in [5.74, 6) is -0.685. The van der Waals surface area contributed by atoms with E-state index in [0.29, 0.717) is 12.2 Å². The average Bonchev–Trinajstić information content (AvgIpc) is 3.24. The van der Waals surface area contributed by atoms with E-state index in [4.69, 9.17) is 9.84 Å². The molecule has 0 amide bonds. The van der Waals surface area contributed by atoms with Gasteiger partial charge in [-0.2, -0.15) is 0 Å². The van der Waals surface area contributed by atoms with Crippen molar-refractivity contribution in [2.75, 3.05) is 0 Å². The highest BCUT2D eigenvalue weighted by molar-refractivity contribution is 5.73. The van der Waals surface area contributed by atoms with Crippen LogP contribution >= 0.6 is 0 Å². The molecule has 23 heavy (non-hydrogen) atoms. The molecule has 134 valence electrons. The van der Waals surface area contributed by atoms with Crippen molar-refractivity contribution in [2.24, 2.45) is 5.41 Å². The van der Waals surface area contributed by atoms with Crippen molar-refractivity contribution in [2.45, 2.75) is 104 Å². The number of carboxylic acid groups (broad SMARTS) is 1. The Morgan fingerprint density at radius 1 is 1.04 bits per heavy atom. The van der Waals surface area contributed by atoms with E-state index >= 15 is 0 Å². The van der Waals surface area contributed by atoms with Crippen LogP contribution in [0, 0.1) is 5.41 Å². The van der Waals surface area contributed by atoms with E-state index in [1.165, 1.54) is 38.5 Å². The predicted molar refractivity (Wildman–Crippen MR) is 95.7 cm³/mol. The molecule has 1 aliphatic heterocycles. The van der Waals surface area contributed by atoms with E-state index in [0.717, 1.165) is 32.1 Å². The molecule has 1 N–H and O–H groups in total. The monoisotopic (exact) mass is 324 g/mol. The number of hydrogen-bond acceptors (Lipinski definition) is 2. The maximum absolute atomic E-state index is 11.0. The fourth-order valence-corrected chi connectivity index (χ4v) is 2.87. The molecule has 0 saturated carbocycles. The molecule has 2 unspecified atom stereocenters. The Bertz CT molecular complexity index is 360. The number of epoxide rings is 1. The third-order valence-corrected chi connectivity index (χ3v) is 4.82. The quantitative estimate of drug-likeness (QED) is 0.252. The molecule has 1 fully saturated rings. The highest BCUT2D eigenvalue weighted by atomic mass is 16.6. The first-order valence-electron chi connectivity index (χ1n) is 9.51. The van der Waals surface area contributed by atoms with Crippen molar-refractivity contribution in [3.63, 3.8) is 0 Å². The number of unbranched alkanes of at least 4 members (excludes halogenated alkanes) is 6. The Morgan fingerprint density at radius 3 is 2.48 bits per heavy atom. The van der Waals surface area contributed by atoms with Gasteiger partial charge < -0.3 is 9.84 Å². The average molecular weight is 325 g/mol. The van der Waals surface area contributed by atoms with Crippen LogP contribution in [0.3, 0.4) is 0 Å². The van der Waals surface area contributed by atoms with Crippen LogP contribution in [-0.2, 0) is 9.53 Å². The van der Waals surface area contributed by atoms with Gasteiger partial charge in [-0.15, -0.1) is 0 Å². The second-order valence-corrected chi connectivity index (χ2v) is 7.56. The molecule has 1 heterocycles. The molecule has 1 aliphatic rings. The summed E-state index contributed by atoms with van der Waals surface area (Å²) >= 11 is 0. The Labute approximate surface area is 142 Å². The number of hydrogen-bond donors (Lipinski definition) is 1. The van der Waals surface area contributed by atoms with E-state index in [1.807, 2.05) is 13.8 Å². The van der Waals surface area contributed by atoms with Crippen molar-refractivity contribution in [1.82, 2.24) is 0 Å². The number of carbonyl (C=O) groups is 1. The Balaban J connectivity index is 1.89. The van der Waals surface area contributed by atoms with Gasteiger partial charge in [-0.3, -0.25) is 4.79 Å². The molecule has 0 aromatic carbocycles. The number of aliphatic carboxylic acids is 1. The van der Waals surface area contributed by atoms with Crippen LogP contribution in [0.5, 0.6) is 0 Å². The molecule has 3 nitrogen and oxygen atoms in total. The van der Waals surface area contributed by atoms with E-state index in [-0.39, 0.29) is 0 Å². The van der Waals surface area contributed by atoms with Crippen molar-refractivity contribution < 1.29 is 14.6 Å². The van der Waals surface area contributed by atoms with Gasteiger partial charge in [0.2, 0.25) is 0 Å². The van der Waals surface area contributed by atoms with Gasteiger partial charge in [0.1, 0.15) is 0 Å². The third kappa shape index (κ3) is 9.14. The maximum Gasteiger partial charge on any atom is 0.309 e. The third-order valence-electron chi connectivity index (χ3n) is 4.82. The number of rotatable bonds is 14. The fraction of sp³-hybridized carbons (Fsp3) is 0.850. The standard InChI is InChI=1S/C20H36O3/c1-4-5-11-14-17-18(23-17)15-12-9-7-6-8-10-13-16-20(2,3)19(21)22/h9,12,17-18H,4-8,10-11,13-16H2,1-3H3,(H,21,22)/b12-9-.